The van der Waals surface area contributed by atoms with Gasteiger partial charge in [0.1, 0.15) is 108 Å². The van der Waals surface area contributed by atoms with Crippen molar-refractivity contribution in [1.82, 2.24) is 113 Å². The highest BCUT2D eigenvalue weighted by molar-refractivity contribution is 6.14. The summed E-state index contributed by atoms with van der Waals surface area (Å²) in [7, 11) is 7.47. The van der Waals surface area contributed by atoms with Crippen LogP contribution in [0.5, 0.6) is 0 Å². The zero-order valence-electron chi connectivity index (χ0n) is 74.9. The molecule has 0 saturated heterocycles. The van der Waals surface area contributed by atoms with Crippen molar-refractivity contribution in [2.45, 2.75) is 86.1 Å². The molecule has 21 heterocycles. The Kier molecular flexibility index (Phi) is 23.5. The van der Waals surface area contributed by atoms with E-state index < -0.39 is 0 Å². The van der Waals surface area contributed by atoms with Crippen molar-refractivity contribution in [3.05, 3.63) is 233 Å². The number of aryl methyl sites for hydroxylation is 2. The third kappa shape index (κ3) is 17.7. The Morgan fingerprint density at radius 3 is 1.19 bits per heavy atom. The Labute approximate surface area is 767 Å². The number of aromatic nitrogens is 18. The Bertz CT molecular complexity index is 7350. The van der Waals surface area contributed by atoms with E-state index >= 15 is 0 Å². The second-order valence-corrected chi connectivity index (χ2v) is 32.9. The van der Waals surface area contributed by atoms with Crippen LogP contribution in [0.1, 0.15) is 67.7 Å². The van der Waals surface area contributed by atoms with Gasteiger partial charge < -0.3 is 83.9 Å². The largest absolute Gasteiger partial charge is 0.392 e. The van der Waals surface area contributed by atoms with Crippen LogP contribution in [0.25, 0.3) is 54.2 Å². The average Bonchev–Trinajstić information content (AvgIpc) is 1.14. The summed E-state index contributed by atoms with van der Waals surface area (Å²) in [6, 6.07) is 23.2. The number of nitrogens with two attached hydrogens (primary N) is 4. The number of fused-ring (bicyclic) bond motifs is 9. The van der Waals surface area contributed by atoms with E-state index in [9.17, 15) is 24.6 Å². The molecule has 0 fully saturated rings. The van der Waals surface area contributed by atoms with E-state index in [-0.39, 0.29) is 50.6 Å². The van der Waals surface area contributed by atoms with Crippen molar-refractivity contribution in [3.8, 4) is 0 Å². The summed E-state index contributed by atoms with van der Waals surface area (Å²) in [5, 5.41) is 60.0. The van der Waals surface area contributed by atoms with Crippen molar-refractivity contribution in [2.75, 3.05) is 115 Å². The first kappa shape index (κ1) is 87.5. The van der Waals surface area contributed by atoms with Crippen LogP contribution in [-0.2, 0) is 72.8 Å². The summed E-state index contributed by atoms with van der Waals surface area (Å²) in [5.41, 5.74) is 38.3. The van der Waals surface area contributed by atoms with Gasteiger partial charge in [0, 0.05) is 243 Å². The van der Waals surface area contributed by atoms with E-state index in [2.05, 4.69) is 144 Å². The van der Waals surface area contributed by atoms with E-state index in [4.69, 9.17) is 28.0 Å². The number of carbonyl (C=O) groups excluding carboxylic acids is 3. The molecule has 13 aromatic heterocycles. The van der Waals surface area contributed by atoms with Crippen molar-refractivity contribution in [1.29, 1.82) is 0 Å². The van der Waals surface area contributed by atoms with E-state index in [0.717, 1.165) is 138 Å². The van der Waals surface area contributed by atoms with Crippen LogP contribution in [0, 0.1) is 0 Å². The molecule has 0 atom stereocenters. The van der Waals surface area contributed by atoms with Gasteiger partial charge in [0.25, 0.3) is 0 Å². The Balaban J connectivity index is 0.000000119. The molecular formula is C92H97N37O5. The first-order chi connectivity index (χ1) is 64.5. The predicted octanol–water partition coefficient (Wildman–Crippen LogP) is 8.80. The maximum absolute atomic E-state index is 12.1. The molecule has 21 rings (SSSR count). The molecule has 8 aliphatic rings. The third-order valence-electron chi connectivity index (χ3n) is 24.5. The number of nitrogen functional groups attached to an aromatic ring is 4. The number of imidazole rings is 1. The number of anilines is 14. The number of nitrogens with zero attached hydrogens (tertiary/aromatic N) is 28. The lowest BCUT2D eigenvalue weighted by molar-refractivity contribution is -0.131. The number of hydrogen-bond acceptors (Lipinski definition) is 34. The van der Waals surface area contributed by atoms with Gasteiger partial charge in [-0.15, -0.1) is 0 Å². The lowest BCUT2D eigenvalue weighted by atomic mass is 10.1. The number of allylic oxidation sites excluding steroid dienone is 6. The molecule has 42 nitrogen and oxygen atoms in total. The maximum atomic E-state index is 12.1. The molecule has 8 aliphatic heterocycles. The van der Waals surface area contributed by atoms with Crippen molar-refractivity contribution < 1.29 is 24.6 Å². The summed E-state index contributed by atoms with van der Waals surface area (Å²) < 4.78 is 9.34. The number of likely N-dealkylation sites (N-methyl/N-ethyl adjacent to an activating group) is 2. The maximum Gasteiger partial charge on any atom is 0.244 e. The average molecular weight is 1800 g/mol. The van der Waals surface area contributed by atoms with Crippen molar-refractivity contribution in [3.63, 3.8) is 0 Å². The molecule has 0 aliphatic carbocycles. The first-order valence-corrected chi connectivity index (χ1v) is 42.9. The lowest BCUT2D eigenvalue weighted by Gasteiger charge is -2.26. The number of amides is 3. The second-order valence-electron chi connectivity index (χ2n) is 32.9. The Morgan fingerprint density at radius 2 is 0.784 bits per heavy atom. The van der Waals surface area contributed by atoms with Gasteiger partial charge in [-0.2, -0.15) is 20.4 Å². The minimum atomic E-state index is -0.171. The van der Waals surface area contributed by atoms with Gasteiger partial charge in [-0.25, -0.2) is 64.8 Å². The minimum Gasteiger partial charge on any atom is -0.392 e. The molecule has 680 valence electrons. The Morgan fingerprint density at radius 1 is 0.418 bits per heavy atom. The molecule has 0 aromatic carbocycles. The van der Waals surface area contributed by atoms with E-state index in [1.54, 1.807) is 90.6 Å². The molecule has 42 heteroatoms. The molecule has 0 saturated carbocycles. The molecular weight excluding hydrogens is 1700 g/mol. The first-order valence-electron chi connectivity index (χ1n) is 42.9. The van der Waals surface area contributed by atoms with Gasteiger partial charge in [0.15, 0.2) is 23.3 Å². The van der Waals surface area contributed by atoms with Gasteiger partial charge in [-0.05, 0) is 97.8 Å². The quantitative estimate of drug-likeness (QED) is 0.0484. The number of aliphatic imine (C=N–C) groups is 4. The number of aliphatic hydroxyl groups excluding tert-OH is 2. The minimum absolute atomic E-state index is 0.0336. The van der Waals surface area contributed by atoms with E-state index in [1.807, 2.05) is 142 Å². The summed E-state index contributed by atoms with van der Waals surface area (Å²) in [6.07, 6.45) is 20.5. The fourth-order valence-electron chi connectivity index (χ4n) is 16.4. The molecule has 13 aromatic rings. The molecule has 0 unspecified atom stereocenters. The van der Waals surface area contributed by atoms with E-state index in [1.165, 1.54) is 0 Å². The highest BCUT2D eigenvalue weighted by atomic mass is 16.3. The highest BCUT2D eigenvalue weighted by Gasteiger charge is 2.29. The number of pyridine rings is 8. The van der Waals surface area contributed by atoms with Gasteiger partial charge in [-0.3, -0.25) is 42.9 Å². The monoisotopic (exact) mass is 1800 g/mol. The van der Waals surface area contributed by atoms with Gasteiger partial charge in [-0.1, -0.05) is 26.3 Å². The number of aliphatic hydroxyl groups is 2. The van der Waals surface area contributed by atoms with Gasteiger partial charge in [0.05, 0.1) is 42.5 Å². The molecule has 0 radical (unpaired) electrons. The van der Waals surface area contributed by atoms with Crippen molar-refractivity contribution >= 4 is 179 Å². The highest BCUT2D eigenvalue weighted by Crippen LogP contribution is 2.38. The Hall–Kier alpha value is -17.2. The zero-order valence-corrected chi connectivity index (χ0v) is 74.9. The van der Waals surface area contributed by atoms with Crippen LogP contribution in [0.15, 0.2) is 213 Å². The van der Waals surface area contributed by atoms with Crippen LogP contribution >= 0.6 is 0 Å². The smallest absolute Gasteiger partial charge is 0.244 e. The fraction of sp³-hybridized carbons (Fsp3) is 0.239. The zero-order chi connectivity index (χ0) is 93.8. The van der Waals surface area contributed by atoms with Crippen molar-refractivity contribution in [2.24, 2.45) is 20.0 Å². The normalized spacial score (nSPS) is 16.1. The summed E-state index contributed by atoms with van der Waals surface area (Å²) in [6.45, 7) is 27.1. The number of hydrogen-bond donors (Lipinski definition) is 11. The summed E-state index contributed by atoms with van der Waals surface area (Å²) >= 11 is 0. The van der Waals surface area contributed by atoms with Crippen LogP contribution in [-0.4, -0.2) is 222 Å². The third-order valence-corrected chi connectivity index (χ3v) is 24.5. The summed E-state index contributed by atoms with van der Waals surface area (Å²) in [4.78, 5) is 105. The van der Waals surface area contributed by atoms with Crippen LogP contribution < -0.4 is 59.3 Å². The van der Waals surface area contributed by atoms with Crippen LogP contribution in [0.3, 0.4) is 0 Å². The molecule has 0 spiro atoms. The predicted molar refractivity (Wildman–Crippen MR) is 518 cm³/mol. The number of carbonyl (C=O) groups is 3. The fourth-order valence-corrected chi connectivity index (χ4v) is 16.4. The topological polar surface area (TPSA) is 517 Å². The van der Waals surface area contributed by atoms with Gasteiger partial charge in [0.2, 0.25) is 17.7 Å². The number of nitrogens with one attached hydrogen (secondary N) is 5. The van der Waals surface area contributed by atoms with Gasteiger partial charge >= 0.3 is 0 Å². The van der Waals surface area contributed by atoms with Crippen LogP contribution in [0.2, 0.25) is 0 Å². The molecule has 134 heavy (non-hydrogen) atoms. The summed E-state index contributed by atoms with van der Waals surface area (Å²) in [5.74, 6) is 10.1. The molecule has 3 amide bonds. The SMILES string of the molecule is C=C1N=CC(c2cc3cc(Nc4cc5n(n4)CC(=O)N(C)CC5)ncc3c(N)n2)=C(C)N1C.C=C1N=CC(c2cc3cc(Nc4cc5n(n4)Cc4nccn4CC5)ncc3c(N)n2)=C(C)N1C.C=C1N=CN(c2cc3cc(Nc4cc5n(n4)CC(=O)N(C)CC5)ncc3c(N)n2)C(C)=C1CO.C=C1N=CN(c2cc3cc(Nc4cc5n(n4)CC(=O)NCC5)ncc3c(N)n2)C(C)=C1CO. The van der Waals surface area contributed by atoms with E-state index in [0.29, 0.717) is 153 Å². The molecule has 15 N–H and O–H groups in total. The number of rotatable bonds is 14. The standard InChI is InChI=1S/C24H24N10.C23H25N9O2.C23H25N9O.C22H23N9O2/c1-14-18(11-27-15(2)32(14)3)20-8-16-9-21(28-12-19(16)24(25)29-20)30-22-10-17-4-6-33-7-5-26-23(33)13-34(17)31-22;1-13-18(11-33)14(2)31(12-26-13)21-7-15-6-19(25-9-17(15)23(24)28-21)27-20-8-16-4-5-30(3)22(34)10-32(16)29-20;1-13-17(10-25-14(2)31(13)4)19-7-15-8-20(26-11-18(15)23(24)27-19)28-21-9-16-5-6-30(3)22(33)12-32(16)29-21;1-12-17(10-32)13(2)30(11-26-12)20-6-14-5-18(25-8-16(14)22(23)28-20)27-19-7-15-3-4-24-21(33)9-31(15)29-19/h5,7-12H,2,4,6,13H2,1,3H3,(H2,25,29)(H,28,30,31);6-9,12,33H,1,4-5,10-11H2,2-3H3,(H2,24,28)(H,25,27,29);7-11H,2,5-6,12H2,1,3-4H3,(H2,24,27)(H,26,28,29);5-8,11,32H,1,3-4,9-10H2,2H3,(H2,23,28)(H,24,33)(H,25,27,29). The second kappa shape index (κ2) is 36.0. The lowest BCUT2D eigenvalue weighted by Crippen LogP contribution is -2.29. The molecule has 0 bridgehead atoms. The van der Waals surface area contributed by atoms with Crippen LogP contribution in [0.4, 0.5) is 81.5 Å².